The maximum absolute atomic E-state index is 11.2. The first-order chi connectivity index (χ1) is 5.53. The van der Waals surface area contributed by atoms with E-state index in [-0.39, 0.29) is 5.91 Å². The minimum atomic E-state index is -0.529. The summed E-state index contributed by atoms with van der Waals surface area (Å²) in [5.74, 6) is 0.00375. The molecule has 0 aromatic rings. The lowest BCUT2D eigenvalue weighted by Crippen LogP contribution is -2.29. The molecular formula is C9H14N2O. The highest BCUT2D eigenvalue weighted by atomic mass is 16.1. The molecule has 1 rings (SSSR count). The van der Waals surface area contributed by atoms with Gasteiger partial charge in [-0.2, -0.15) is 5.26 Å². The van der Waals surface area contributed by atoms with Crippen LogP contribution in [0.5, 0.6) is 0 Å². The fraction of sp³-hybridized carbons (Fsp3) is 0.778. The Morgan fingerprint density at radius 2 is 2.25 bits per heavy atom. The maximum Gasteiger partial charge on any atom is 0.221 e. The molecule has 0 aromatic carbocycles. The minimum absolute atomic E-state index is 0.00375. The highest BCUT2D eigenvalue weighted by Crippen LogP contribution is 2.22. The third kappa shape index (κ3) is 2.91. The van der Waals surface area contributed by atoms with E-state index in [2.05, 4.69) is 11.4 Å². The zero-order valence-electron chi connectivity index (χ0n) is 7.55. The van der Waals surface area contributed by atoms with Crippen LogP contribution < -0.4 is 5.32 Å². The first kappa shape index (κ1) is 9.05. The molecule has 1 N–H and O–H groups in total. The lowest BCUT2D eigenvalue weighted by atomic mass is 9.91. The quantitative estimate of drug-likeness (QED) is 0.685. The third-order valence-electron chi connectivity index (χ3n) is 1.85. The first-order valence-electron chi connectivity index (χ1n) is 4.24. The van der Waals surface area contributed by atoms with Crippen LogP contribution in [0.15, 0.2) is 0 Å². The summed E-state index contributed by atoms with van der Waals surface area (Å²) in [6.45, 7) is 3.55. The van der Waals surface area contributed by atoms with Gasteiger partial charge in [0.2, 0.25) is 5.91 Å². The van der Waals surface area contributed by atoms with Crippen molar-refractivity contribution < 1.29 is 4.79 Å². The van der Waals surface area contributed by atoms with Crippen LogP contribution in [0.25, 0.3) is 0 Å². The zero-order chi connectivity index (χ0) is 9.19. The normalized spacial score (nSPS) is 16.8. The van der Waals surface area contributed by atoms with Crippen LogP contribution in [0.2, 0.25) is 0 Å². The second kappa shape index (κ2) is 3.14. The van der Waals surface area contributed by atoms with E-state index in [0.29, 0.717) is 12.5 Å². The monoisotopic (exact) mass is 166 g/mol. The van der Waals surface area contributed by atoms with Crippen LogP contribution in [-0.4, -0.2) is 11.9 Å². The number of nitriles is 1. The molecule has 1 amide bonds. The Morgan fingerprint density at radius 1 is 1.67 bits per heavy atom. The smallest absolute Gasteiger partial charge is 0.221 e. The molecule has 0 spiro atoms. The van der Waals surface area contributed by atoms with Gasteiger partial charge in [-0.1, -0.05) is 0 Å². The number of hydrogen-bond acceptors (Lipinski definition) is 2. The van der Waals surface area contributed by atoms with Gasteiger partial charge in [0.25, 0.3) is 0 Å². The van der Waals surface area contributed by atoms with Gasteiger partial charge in [-0.15, -0.1) is 0 Å². The Morgan fingerprint density at radius 3 is 2.67 bits per heavy atom. The molecule has 1 aliphatic carbocycles. The molecule has 0 aliphatic heterocycles. The number of nitrogens with zero attached hydrogens (tertiary/aromatic N) is 1. The Labute approximate surface area is 72.8 Å². The molecule has 0 heterocycles. The number of carbonyl (C=O) groups excluding carboxylic acids is 1. The molecule has 0 aromatic heterocycles. The van der Waals surface area contributed by atoms with Gasteiger partial charge in [-0.25, -0.2) is 0 Å². The Hall–Kier alpha value is -1.04. The lowest BCUT2D eigenvalue weighted by molar-refractivity contribution is -0.122. The zero-order valence-corrected chi connectivity index (χ0v) is 7.55. The fourth-order valence-corrected chi connectivity index (χ4v) is 0.947. The predicted octanol–water partition coefficient (Wildman–Crippen LogP) is 1.20. The summed E-state index contributed by atoms with van der Waals surface area (Å²) in [5.41, 5.74) is -0.529. The van der Waals surface area contributed by atoms with Gasteiger partial charge in [0.05, 0.1) is 11.5 Å². The molecule has 3 heteroatoms. The van der Waals surface area contributed by atoms with Crippen molar-refractivity contribution in [3.63, 3.8) is 0 Å². The Balaban J connectivity index is 2.29. The first-order valence-corrected chi connectivity index (χ1v) is 4.24. The van der Waals surface area contributed by atoms with E-state index in [0.717, 1.165) is 12.8 Å². The molecule has 1 aliphatic rings. The molecule has 0 saturated heterocycles. The lowest BCUT2D eigenvalue weighted by Gasteiger charge is -2.13. The Kier molecular flexibility index (Phi) is 2.37. The largest absolute Gasteiger partial charge is 0.353 e. The summed E-state index contributed by atoms with van der Waals surface area (Å²) in [6.07, 6.45) is 2.50. The highest BCUT2D eigenvalue weighted by molar-refractivity contribution is 5.77. The SMILES string of the molecule is CC(C)(C#N)CC(=O)NC1CC1. The van der Waals surface area contributed by atoms with E-state index in [9.17, 15) is 4.79 Å². The number of rotatable bonds is 3. The number of carbonyl (C=O) groups is 1. The maximum atomic E-state index is 11.2. The van der Waals surface area contributed by atoms with Crippen LogP contribution in [0.3, 0.4) is 0 Å². The summed E-state index contributed by atoms with van der Waals surface area (Å²) < 4.78 is 0. The van der Waals surface area contributed by atoms with Crippen molar-refractivity contribution in [1.29, 1.82) is 5.26 Å². The Bertz CT molecular complexity index is 223. The molecule has 1 saturated carbocycles. The van der Waals surface area contributed by atoms with Gasteiger partial charge in [0.1, 0.15) is 0 Å². The van der Waals surface area contributed by atoms with Gasteiger partial charge in [0.15, 0.2) is 0 Å². The number of nitrogens with one attached hydrogen (secondary N) is 1. The second-order valence-corrected chi connectivity index (χ2v) is 4.01. The van der Waals surface area contributed by atoms with Crippen molar-refractivity contribution in [2.45, 2.75) is 39.2 Å². The molecule has 12 heavy (non-hydrogen) atoms. The molecule has 0 bridgehead atoms. The van der Waals surface area contributed by atoms with Gasteiger partial charge in [-0.05, 0) is 26.7 Å². The summed E-state index contributed by atoms with van der Waals surface area (Å²) in [4.78, 5) is 11.2. The molecular weight excluding hydrogens is 152 g/mol. The number of hydrogen-bond donors (Lipinski definition) is 1. The van der Waals surface area contributed by atoms with Crippen LogP contribution in [0, 0.1) is 16.7 Å². The molecule has 66 valence electrons. The summed E-state index contributed by atoms with van der Waals surface area (Å²) >= 11 is 0. The van der Waals surface area contributed by atoms with Crippen molar-refractivity contribution in [1.82, 2.24) is 5.32 Å². The van der Waals surface area contributed by atoms with Gasteiger partial charge in [-0.3, -0.25) is 4.79 Å². The van der Waals surface area contributed by atoms with Gasteiger partial charge in [0, 0.05) is 12.5 Å². The van der Waals surface area contributed by atoms with E-state index < -0.39 is 5.41 Å². The average molecular weight is 166 g/mol. The van der Waals surface area contributed by atoms with Crippen molar-refractivity contribution in [3.8, 4) is 6.07 Å². The molecule has 0 radical (unpaired) electrons. The van der Waals surface area contributed by atoms with Crippen molar-refractivity contribution >= 4 is 5.91 Å². The van der Waals surface area contributed by atoms with Crippen LogP contribution in [0.1, 0.15) is 33.1 Å². The van der Waals surface area contributed by atoms with E-state index in [1.165, 1.54) is 0 Å². The average Bonchev–Trinajstić information content (AvgIpc) is 2.70. The molecule has 3 nitrogen and oxygen atoms in total. The number of amides is 1. The van der Waals surface area contributed by atoms with Crippen molar-refractivity contribution in [2.75, 3.05) is 0 Å². The van der Waals surface area contributed by atoms with E-state index in [4.69, 9.17) is 5.26 Å². The van der Waals surface area contributed by atoms with E-state index in [1.54, 1.807) is 13.8 Å². The molecule has 0 atom stereocenters. The van der Waals surface area contributed by atoms with Crippen molar-refractivity contribution in [2.24, 2.45) is 5.41 Å². The molecule has 1 fully saturated rings. The van der Waals surface area contributed by atoms with E-state index >= 15 is 0 Å². The molecule has 0 unspecified atom stereocenters. The standard InChI is InChI=1S/C9H14N2O/c1-9(2,6-10)5-8(12)11-7-3-4-7/h7H,3-5H2,1-2H3,(H,11,12). The van der Waals surface area contributed by atoms with E-state index in [1.807, 2.05) is 0 Å². The van der Waals surface area contributed by atoms with Crippen LogP contribution in [0.4, 0.5) is 0 Å². The summed E-state index contributed by atoms with van der Waals surface area (Å²) in [5, 5.41) is 11.5. The van der Waals surface area contributed by atoms with Crippen LogP contribution >= 0.6 is 0 Å². The van der Waals surface area contributed by atoms with Gasteiger partial charge >= 0.3 is 0 Å². The van der Waals surface area contributed by atoms with Gasteiger partial charge < -0.3 is 5.32 Å². The van der Waals surface area contributed by atoms with Crippen molar-refractivity contribution in [3.05, 3.63) is 0 Å². The minimum Gasteiger partial charge on any atom is -0.353 e. The van der Waals surface area contributed by atoms with Crippen LogP contribution in [-0.2, 0) is 4.79 Å². The predicted molar refractivity (Wildman–Crippen MR) is 45.2 cm³/mol. The topological polar surface area (TPSA) is 52.9 Å². The second-order valence-electron chi connectivity index (χ2n) is 4.01. The highest BCUT2D eigenvalue weighted by Gasteiger charge is 2.27. The summed E-state index contributed by atoms with van der Waals surface area (Å²) in [6, 6.07) is 2.50. The third-order valence-corrected chi connectivity index (χ3v) is 1.85. The summed E-state index contributed by atoms with van der Waals surface area (Å²) in [7, 11) is 0. The fourth-order valence-electron chi connectivity index (χ4n) is 0.947.